The van der Waals surface area contributed by atoms with Crippen LogP contribution in [-0.2, 0) is 11.2 Å². The molecule has 2 aromatic carbocycles. The minimum atomic E-state index is -0.233. The number of thioether (sulfide) groups is 1. The van der Waals surface area contributed by atoms with Gasteiger partial charge in [0, 0.05) is 12.6 Å². The fourth-order valence-electron chi connectivity index (χ4n) is 2.94. The van der Waals surface area contributed by atoms with Crippen molar-refractivity contribution >= 4 is 45.7 Å². The van der Waals surface area contributed by atoms with E-state index in [0.717, 1.165) is 16.3 Å². The Morgan fingerprint density at radius 1 is 1.10 bits per heavy atom. The number of aromatic nitrogens is 4. The summed E-state index contributed by atoms with van der Waals surface area (Å²) in [5.74, 6) is 6.68. The number of anilines is 1. The third-order valence-corrected chi connectivity index (χ3v) is 5.57. The summed E-state index contributed by atoms with van der Waals surface area (Å²) < 4.78 is 1.43. The lowest BCUT2D eigenvalue weighted by atomic mass is 10.0. The second-order valence-corrected chi connectivity index (χ2v) is 7.56. The number of hydrogen-bond acceptors (Lipinski definition) is 6. The number of pyridine rings is 1. The molecule has 0 atom stereocenters. The lowest BCUT2D eigenvalue weighted by Gasteiger charge is -2.07. The first-order chi connectivity index (χ1) is 14.1. The zero-order valence-corrected chi connectivity index (χ0v) is 16.8. The molecule has 0 spiro atoms. The number of carbonyl (C=O) groups excluding carboxylic acids is 1. The summed E-state index contributed by atoms with van der Waals surface area (Å²) in [6, 6.07) is 17.7. The van der Waals surface area contributed by atoms with Crippen LogP contribution in [0.4, 0.5) is 5.69 Å². The molecule has 146 valence electrons. The van der Waals surface area contributed by atoms with Crippen LogP contribution in [-0.4, -0.2) is 31.5 Å². The van der Waals surface area contributed by atoms with E-state index in [9.17, 15) is 4.79 Å². The van der Waals surface area contributed by atoms with Gasteiger partial charge in [-0.05, 0) is 28.5 Å². The molecule has 2 heterocycles. The van der Waals surface area contributed by atoms with Crippen LogP contribution in [0.2, 0.25) is 5.15 Å². The average Bonchev–Trinajstić information content (AvgIpc) is 3.08. The van der Waals surface area contributed by atoms with Gasteiger partial charge in [-0.15, -0.1) is 10.2 Å². The molecule has 4 aromatic rings. The van der Waals surface area contributed by atoms with Crippen molar-refractivity contribution in [2.75, 3.05) is 16.9 Å². The molecule has 4 rings (SSSR count). The van der Waals surface area contributed by atoms with Crippen molar-refractivity contribution in [3.63, 3.8) is 0 Å². The summed E-state index contributed by atoms with van der Waals surface area (Å²) in [5, 5.41) is 14.1. The molecule has 0 saturated heterocycles. The molecule has 0 aliphatic rings. The van der Waals surface area contributed by atoms with Crippen LogP contribution >= 0.6 is 23.4 Å². The predicted molar refractivity (Wildman–Crippen MR) is 116 cm³/mol. The molecular weight excluding hydrogens is 408 g/mol. The Morgan fingerprint density at radius 3 is 2.79 bits per heavy atom. The smallest absolute Gasteiger partial charge is 0.234 e. The molecule has 3 N–H and O–H groups in total. The second kappa shape index (κ2) is 8.50. The molecule has 0 aliphatic carbocycles. The largest absolute Gasteiger partial charge is 0.336 e. The number of amides is 1. The molecule has 0 unspecified atom stereocenters. The van der Waals surface area contributed by atoms with E-state index in [-0.39, 0.29) is 16.8 Å². The first-order valence-corrected chi connectivity index (χ1v) is 10.2. The molecule has 1 amide bonds. The van der Waals surface area contributed by atoms with Crippen LogP contribution in [0, 0.1) is 0 Å². The summed E-state index contributed by atoms with van der Waals surface area (Å²) in [4.78, 5) is 16.1. The van der Waals surface area contributed by atoms with Gasteiger partial charge < -0.3 is 11.2 Å². The third kappa shape index (κ3) is 4.33. The quantitative estimate of drug-likeness (QED) is 0.279. The van der Waals surface area contributed by atoms with Crippen LogP contribution in [0.5, 0.6) is 0 Å². The fourth-order valence-corrected chi connectivity index (χ4v) is 3.78. The first kappa shape index (κ1) is 19.2. The van der Waals surface area contributed by atoms with Crippen LogP contribution < -0.4 is 11.2 Å². The van der Waals surface area contributed by atoms with Crippen molar-refractivity contribution in [3.8, 4) is 0 Å². The van der Waals surface area contributed by atoms with Gasteiger partial charge in [0.15, 0.2) is 11.0 Å². The van der Waals surface area contributed by atoms with E-state index in [0.29, 0.717) is 23.1 Å². The maximum atomic E-state index is 12.2. The number of hydrogen-bond donors (Lipinski definition) is 2. The molecule has 0 radical (unpaired) electrons. The minimum absolute atomic E-state index is 0.120. The summed E-state index contributed by atoms with van der Waals surface area (Å²) in [6.07, 6.45) is 2.10. The number of nitrogens with two attached hydrogens (primary N) is 1. The number of carbonyl (C=O) groups is 1. The molecular formula is C20H17ClN6OS. The van der Waals surface area contributed by atoms with Gasteiger partial charge in [-0.2, -0.15) is 0 Å². The van der Waals surface area contributed by atoms with E-state index in [1.807, 2.05) is 18.2 Å². The number of halogens is 1. The molecule has 9 heteroatoms. The number of nitrogens with zero attached hydrogens (tertiary/aromatic N) is 4. The summed E-state index contributed by atoms with van der Waals surface area (Å²) in [6.45, 7) is 0. The Labute approximate surface area is 176 Å². The number of fused-ring (bicyclic) bond motifs is 1. The van der Waals surface area contributed by atoms with Gasteiger partial charge in [0.2, 0.25) is 11.1 Å². The van der Waals surface area contributed by atoms with E-state index in [1.54, 1.807) is 18.3 Å². The molecule has 2 aromatic heterocycles. The van der Waals surface area contributed by atoms with E-state index in [4.69, 9.17) is 17.4 Å². The van der Waals surface area contributed by atoms with E-state index in [2.05, 4.69) is 44.8 Å². The molecule has 7 nitrogen and oxygen atoms in total. The van der Waals surface area contributed by atoms with Crippen molar-refractivity contribution < 1.29 is 4.79 Å². The monoisotopic (exact) mass is 424 g/mol. The topological polar surface area (TPSA) is 98.7 Å². The Morgan fingerprint density at radius 2 is 1.93 bits per heavy atom. The van der Waals surface area contributed by atoms with Gasteiger partial charge in [0.1, 0.15) is 0 Å². The highest BCUT2D eigenvalue weighted by Crippen LogP contribution is 2.23. The number of nitrogens with one attached hydrogen (secondary N) is 1. The van der Waals surface area contributed by atoms with Gasteiger partial charge in [0.05, 0.1) is 11.4 Å². The first-order valence-electron chi connectivity index (χ1n) is 8.81. The normalized spacial score (nSPS) is 10.9. The predicted octanol–water partition coefficient (Wildman–Crippen LogP) is 3.52. The zero-order chi connectivity index (χ0) is 20.2. The van der Waals surface area contributed by atoms with Crippen molar-refractivity contribution in [3.05, 3.63) is 77.3 Å². The van der Waals surface area contributed by atoms with Crippen LogP contribution in [0.3, 0.4) is 0 Å². The van der Waals surface area contributed by atoms with Crippen molar-refractivity contribution in [1.82, 2.24) is 19.9 Å². The molecule has 29 heavy (non-hydrogen) atoms. The maximum Gasteiger partial charge on any atom is 0.234 e. The highest BCUT2D eigenvalue weighted by molar-refractivity contribution is 7.99. The highest BCUT2D eigenvalue weighted by Gasteiger charge is 2.14. The van der Waals surface area contributed by atoms with E-state index in [1.165, 1.54) is 16.4 Å². The van der Waals surface area contributed by atoms with Gasteiger partial charge in [-0.3, -0.25) is 4.79 Å². The zero-order valence-electron chi connectivity index (χ0n) is 15.2. The molecule has 0 fully saturated rings. The fraction of sp³-hybridized carbons (Fsp3) is 0.100. The standard InChI is InChI=1S/C20H17ClN6OS/c21-19-16(9-4-10-23-19)24-18(28)12-29-20-26-25-17(27(20)22)11-14-7-3-6-13-5-1-2-8-15(13)14/h1-10H,11-12,22H2,(H,24,28). The number of benzene rings is 2. The third-order valence-electron chi connectivity index (χ3n) is 4.33. The van der Waals surface area contributed by atoms with Crippen molar-refractivity contribution in [2.45, 2.75) is 11.6 Å². The van der Waals surface area contributed by atoms with E-state index >= 15 is 0 Å². The van der Waals surface area contributed by atoms with Gasteiger partial charge in [-0.1, -0.05) is 65.8 Å². The Bertz CT molecular complexity index is 1170. The number of rotatable bonds is 6. The summed E-state index contributed by atoms with van der Waals surface area (Å²) >= 11 is 7.16. The van der Waals surface area contributed by atoms with Gasteiger partial charge in [-0.25, -0.2) is 9.66 Å². The summed E-state index contributed by atoms with van der Waals surface area (Å²) in [5.41, 5.74) is 1.58. The average molecular weight is 425 g/mol. The highest BCUT2D eigenvalue weighted by atomic mass is 35.5. The van der Waals surface area contributed by atoms with Crippen LogP contribution in [0.15, 0.2) is 66.0 Å². The van der Waals surface area contributed by atoms with Crippen molar-refractivity contribution in [2.24, 2.45) is 0 Å². The Balaban J connectivity index is 1.43. The van der Waals surface area contributed by atoms with Gasteiger partial charge in [0.25, 0.3) is 0 Å². The molecule has 0 saturated carbocycles. The van der Waals surface area contributed by atoms with Gasteiger partial charge >= 0.3 is 0 Å². The minimum Gasteiger partial charge on any atom is -0.336 e. The molecule has 0 bridgehead atoms. The van der Waals surface area contributed by atoms with Crippen LogP contribution in [0.1, 0.15) is 11.4 Å². The maximum absolute atomic E-state index is 12.2. The van der Waals surface area contributed by atoms with Crippen LogP contribution in [0.25, 0.3) is 10.8 Å². The summed E-state index contributed by atoms with van der Waals surface area (Å²) in [7, 11) is 0. The van der Waals surface area contributed by atoms with E-state index < -0.39 is 0 Å². The SMILES string of the molecule is Nn1c(Cc2cccc3ccccc23)nnc1SCC(=O)Nc1cccnc1Cl. The Kier molecular flexibility index (Phi) is 5.64. The number of nitrogen functional groups attached to an aromatic ring is 1. The lowest BCUT2D eigenvalue weighted by molar-refractivity contribution is -0.113. The lowest BCUT2D eigenvalue weighted by Crippen LogP contribution is -2.17. The van der Waals surface area contributed by atoms with Crippen molar-refractivity contribution in [1.29, 1.82) is 0 Å². The molecule has 0 aliphatic heterocycles. The Hall–Kier alpha value is -3.10. The second-order valence-electron chi connectivity index (χ2n) is 6.26.